The molecule has 5 heteroatoms. The van der Waals surface area contributed by atoms with Gasteiger partial charge in [-0.1, -0.05) is 30.3 Å². The van der Waals surface area contributed by atoms with E-state index in [2.05, 4.69) is 10.5 Å². The standard InChI is InChI=1S/C16H17N3O2/c1-12(18-19-16(17)20)14-7-9-15(10-8-14)21-11-13-5-3-2-4-6-13/h2-10H,11H2,1H3,(H3,17,19,20)/b18-12-. The van der Waals surface area contributed by atoms with Crippen LogP contribution >= 0.6 is 0 Å². The van der Waals surface area contributed by atoms with Gasteiger partial charge in [0.2, 0.25) is 0 Å². The van der Waals surface area contributed by atoms with Gasteiger partial charge in [-0.25, -0.2) is 10.2 Å². The molecule has 0 saturated carbocycles. The number of hydrogen-bond donors (Lipinski definition) is 2. The number of hydrazone groups is 1. The Morgan fingerprint density at radius 3 is 2.43 bits per heavy atom. The first-order chi connectivity index (χ1) is 10.1. The van der Waals surface area contributed by atoms with Crippen LogP contribution in [0.5, 0.6) is 5.75 Å². The molecule has 2 amide bonds. The van der Waals surface area contributed by atoms with E-state index >= 15 is 0 Å². The van der Waals surface area contributed by atoms with Crippen LogP contribution in [0, 0.1) is 0 Å². The van der Waals surface area contributed by atoms with Gasteiger partial charge in [-0.3, -0.25) is 0 Å². The minimum absolute atomic E-state index is 0.524. The lowest BCUT2D eigenvalue weighted by molar-refractivity contribution is 0.249. The number of rotatable bonds is 5. The third kappa shape index (κ3) is 4.65. The summed E-state index contributed by atoms with van der Waals surface area (Å²) in [5.74, 6) is 0.776. The minimum atomic E-state index is -0.683. The van der Waals surface area contributed by atoms with Crippen molar-refractivity contribution in [2.45, 2.75) is 13.5 Å². The fourth-order valence-corrected chi connectivity index (χ4v) is 1.74. The maximum absolute atomic E-state index is 10.6. The predicted octanol–water partition coefficient (Wildman–Crippen LogP) is 2.66. The summed E-state index contributed by atoms with van der Waals surface area (Å²) >= 11 is 0. The summed E-state index contributed by atoms with van der Waals surface area (Å²) in [5, 5.41) is 3.87. The Balaban J connectivity index is 1.96. The molecule has 0 aliphatic heterocycles. The normalized spacial score (nSPS) is 11.0. The van der Waals surface area contributed by atoms with E-state index in [1.54, 1.807) is 6.92 Å². The minimum Gasteiger partial charge on any atom is -0.489 e. The number of nitrogens with one attached hydrogen (secondary N) is 1. The monoisotopic (exact) mass is 283 g/mol. The highest BCUT2D eigenvalue weighted by Crippen LogP contribution is 2.14. The number of primary amides is 1. The smallest absolute Gasteiger partial charge is 0.332 e. The fraction of sp³-hybridized carbons (Fsp3) is 0.125. The van der Waals surface area contributed by atoms with E-state index in [9.17, 15) is 4.79 Å². The van der Waals surface area contributed by atoms with Gasteiger partial charge in [0.05, 0.1) is 5.71 Å². The maximum atomic E-state index is 10.6. The van der Waals surface area contributed by atoms with Crippen molar-refractivity contribution in [1.82, 2.24) is 5.43 Å². The predicted molar refractivity (Wildman–Crippen MR) is 82.1 cm³/mol. The van der Waals surface area contributed by atoms with Crippen molar-refractivity contribution in [3.05, 3.63) is 65.7 Å². The van der Waals surface area contributed by atoms with Gasteiger partial charge < -0.3 is 10.5 Å². The van der Waals surface area contributed by atoms with E-state index in [1.165, 1.54) is 0 Å². The summed E-state index contributed by atoms with van der Waals surface area (Å²) in [5.41, 5.74) is 9.83. The van der Waals surface area contributed by atoms with E-state index < -0.39 is 6.03 Å². The van der Waals surface area contributed by atoms with Crippen LogP contribution in [-0.4, -0.2) is 11.7 Å². The number of nitrogens with zero attached hydrogens (tertiary/aromatic N) is 1. The third-order valence-electron chi connectivity index (χ3n) is 2.85. The fourth-order valence-electron chi connectivity index (χ4n) is 1.74. The molecule has 2 aromatic rings. The summed E-state index contributed by atoms with van der Waals surface area (Å²) in [6, 6.07) is 16.8. The molecule has 0 unspecified atom stereocenters. The van der Waals surface area contributed by atoms with Gasteiger partial charge in [0, 0.05) is 0 Å². The SMILES string of the molecule is C/C(=N/NC(N)=O)c1ccc(OCc2ccccc2)cc1. The van der Waals surface area contributed by atoms with Crippen molar-refractivity contribution < 1.29 is 9.53 Å². The third-order valence-corrected chi connectivity index (χ3v) is 2.85. The van der Waals surface area contributed by atoms with Gasteiger partial charge in [0.1, 0.15) is 12.4 Å². The lowest BCUT2D eigenvalue weighted by Gasteiger charge is -2.07. The summed E-state index contributed by atoms with van der Waals surface area (Å²) < 4.78 is 5.70. The molecule has 5 nitrogen and oxygen atoms in total. The van der Waals surface area contributed by atoms with Gasteiger partial charge in [-0.05, 0) is 42.3 Å². The molecular weight excluding hydrogens is 266 g/mol. The second kappa shape index (κ2) is 7.09. The van der Waals surface area contributed by atoms with Gasteiger partial charge >= 0.3 is 6.03 Å². The van der Waals surface area contributed by atoms with E-state index in [4.69, 9.17) is 10.5 Å². The highest BCUT2D eigenvalue weighted by molar-refractivity contribution is 5.99. The Morgan fingerprint density at radius 2 is 1.81 bits per heavy atom. The summed E-state index contributed by atoms with van der Waals surface area (Å²) in [6.07, 6.45) is 0. The van der Waals surface area contributed by atoms with Gasteiger partial charge in [-0.2, -0.15) is 5.10 Å². The number of carbonyl (C=O) groups excluding carboxylic acids is 1. The Bertz CT molecular complexity index is 622. The molecule has 2 aromatic carbocycles. The van der Waals surface area contributed by atoms with Crippen molar-refractivity contribution in [2.24, 2.45) is 10.8 Å². The van der Waals surface area contributed by atoms with E-state index in [0.717, 1.165) is 16.9 Å². The average molecular weight is 283 g/mol. The summed E-state index contributed by atoms with van der Waals surface area (Å²) in [6.45, 7) is 2.31. The zero-order valence-corrected chi connectivity index (χ0v) is 11.7. The summed E-state index contributed by atoms with van der Waals surface area (Å²) in [4.78, 5) is 10.6. The molecule has 0 aromatic heterocycles. The second-order valence-electron chi connectivity index (χ2n) is 4.47. The highest BCUT2D eigenvalue weighted by Gasteiger charge is 2.00. The Labute approximate surface area is 123 Å². The van der Waals surface area contributed by atoms with Crippen LogP contribution in [-0.2, 0) is 6.61 Å². The molecule has 0 aliphatic carbocycles. The van der Waals surface area contributed by atoms with Crippen molar-refractivity contribution in [3.63, 3.8) is 0 Å². The quantitative estimate of drug-likeness (QED) is 0.653. The van der Waals surface area contributed by atoms with Crippen LogP contribution in [0.2, 0.25) is 0 Å². The molecule has 0 aliphatic rings. The van der Waals surface area contributed by atoms with E-state index in [0.29, 0.717) is 12.3 Å². The maximum Gasteiger partial charge on any atom is 0.332 e. The highest BCUT2D eigenvalue weighted by atomic mass is 16.5. The van der Waals surface area contributed by atoms with Gasteiger partial charge in [0.25, 0.3) is 0 Å². The lowest BCUT2D eigenvalue weighted by atomic mass is 10.1. The Hall–Kier alpha value is -2.82. The van der Waals surface area contributed by atoms with Crippen LogP contribution in [0.3, 0.4) is 0 Å². The first-order valence-electron chi connectivity index (χ1n) is 6.52. The number of urea groups is 1. The van der Waals surface area contributed by atoms with Crippen LogP contribution in [0.15, 0.2) is 59.7 Å². The van der Waals surface area contributed by atoms with Crippen LogP contribution < -0.4 is 15.9 Å². The van der Waals surface area contributed by atoms with Crippen LogP contribution in [0.4, 0.5) is 4.79 Å². The van der Waals surface area contributed by atoms with E-state index in [1.807, 2.05) is 54.6 Å². The van der Waals surface area contributed by atoms with Gasteiger partial charge in [-0.15, -0.1) is 0 Å². The van der Waals surface area contributed by atoms with Crippen molar-refractivity contribution in [3.8, 4) is 5.75 Å². The Morgan fingerprint density at radius 1 is 1.14 bits per heavy atom. The lowest BCUT2D eigenvalue weighted by Crippen LogP contribution is -2.25. The molecule has 2 rings (SSSR count). The molecule has 0 saturated heterocycles. The molecule has 3 N–H and O–H groups in total. The molecule has 0 fully saturated rings. The number of hydrogen-bond acceptors (Lipinski definition) is 3. The topological polar surface area (TPSA) is 76.7 Å². The number of nitrogens with two attached hydrogens (primary N) is 1. The first kappa shape index (κ1) is 14.6. The largest absolute Gasteiger partial charge is 0.489 e. The van der Waals surface area contributed by atoms with Crippen LogP contribution in [0.1, 0.15) is 18.1 Å². The number of ether oxygens (including phenoxy) is 1. The van der Waals surface area contributed by atoms with Crippen molar-refractivity contribution in [1.29, 1.82) is 0 Å². The van der Waals surface area contributed by atoms with Gasteiger partial charge in [0.15, 0.2) is 0 Å². The average Bonchev–Trinajstić information content (AvgIpc) is 2.52. The summed E-state index contributed by atoms with van der Waals surface area (Å²) in [7, 11) is 0. The molecule has 21 heavy (non-hydrogen) atoms. The molecular formula is C16H17N3O2. The number of amides is 2. The molecule has 0 bridgehead atoms. The molecule has 108 valence electrons. The van der Waals surface area contributed by atoms with Crippen molar-refractivity contribution >= 4 is 11.7 Å². The first-order valence-corrected chi connectivity index (χ1v) is 6.52. The zero-order valence-electron chi connectivity index (χ0n) is 11.7. The second-order valence-corrected chi connectivity index (χ2v) is 4.47. The number of benzene rings is 2. The molecule has 0 heterocycles. The molecule has 0 atom stereocenters. The Kier molecular flexibility index (Phi) is 4.93. The molecule has 0 spiro atoms. The van der Waals surface area contributed by atoms with Crippen LogP contribution in [0.25, 0.3) is 0 Å². The number of carbonyl (C=O) groups is 1. The van der Waals surface area contributed by atoms with Crippen molar-refractivity contribution in [2.75, 3.05) is 0 Å². The van der Waals surface area contributed by atoms with E-state index in [-0.39, 0.29) is 0 Å². The molecule has 0 radical (unpaired) electrons. The zero-order chi connectivity index (χ0) is 15.1.